The van der Waals surface area contributed by atoms with E-state index in [0.29, 0.717) is 17.0 Å². The zero-order valence-corrected chi connectivity index (χ0v) is 9.51. The number of nitrogens with two attached hydrogens (primary N) is 1. The normalized spacial score (nSPS) is 9.94. The maximum Gasteiger partial charge on any atom is 0.343 e. The molecule has 0 spiro atoms. The highest BCUT2D eigenvalue weighted by Crippen LogP contribution is 2.21. The summed E-state index contributed by atoms with van der Waals surface area (Å²) in [5.41, 5.74) is 7.66. The first kappa shape index (κ1) is 11.2. The Morgan fingerprint density at radius 2 is 1.82 bits per heavy atom. The van der Waals surface area contributed by atoms with Crippen LogP contribution in [0.1, 0.15) is 15.9 Å². The molecule has 3 nitrogen and oxygen atoms in total. The number of aryl methyl sites for hydroxylation is 1. The number of carbonyl (C=O) groups excluding carboxylic acids is 1. The highest BCUT2D eigenvalue weighted by molar-refractivity contribution is 5.91. The van der Waals surface area contributed by atoms with E-state index in [1.165, 1.54) is 0 Å². The molecule has 86 valence electrons. The van der Waals surface area contributed by atoms with Gasteiger partial charge in [-0.2, -0.15) is 0 Å². The van der Waals surface area contributed by atoms with E-state index in [4.69, 9.17) is 10.5 Å². The van der Waals surface area contributed by atoms with Crippen molar-refractivity contribution in [2.75, 3.05) is 5.73 Å². The smallest absolute Gasteiger partial charge is 0.343 e. The molecule has 0 unspecified atom stereocenters. The minimum atomic E-state index is -0.363. The Balaban J connectivity index is 2.19. The van der Waals surface area contributed by atoms with E-state index in [1.807, 2.05) is 13.0 Å². The van der Waals surface area contributed by atoms with E-state index in [-0.39, 0.29) is 5.97 Å². The van der Waals surface area contributed by atoms with Crippen LogP contribution in [0.3, 0.4) is 0 Å². The van der Waals surface area contributed by atoms with Crippen LogP contribution in [0.15, 0.2) is 48.5 Å². The molecule has 0 aliphatic rings. The summed E-state index contributed by atoms with van der Waals surface area (Å²) >= 11 is 0. The quantitative estimate of drug-likeness (QED) is 0.487. The van der Waals surface area contributed by atoms with Crippen molar-refractivity contribution in [1.29, 1.82) is 0 Å². The summed E-state index contributed by atoms with van der Waals surface area (Å²) in [5.74, 6) is 0.173. The third-order valence-electron chi connectivity index (χ3n) is 2.41. The lowest BCUT2D eigenvalue weighted by atomic mass is 10.2. The molecular weight excluding hydrogens is 214 g/mol. The zero-order valence-electron chi connectivity index (χ0n) is 9.51. The molecule has 0 saturated carbocycles. The Morgan fingerprint density at radius 3 is 2.47 bits per heavy atom. The van der Waals surface area contributed by atoms with Crippen molar-refractivity contribution in [3.63, 3.8) is 0 Å². The first-order valence-corrected chi connectivity index (χ1v) is 5.30. The van der Waals surface area contributed by atoms with E-state index in [1.54, 1.807) is 42.5 Å². The van der Waals surface area contributed by atoms with Crippen molar-refractivity contribution in [2.24, 2.45) is 0 Å². The lowest BCUT2D eigenvalue weighted by Crippen LogP contribution is -2.09. The molecular formula is C14H13NO2. The van der Waals surface area contributed by atoms with Gasteiger partial charge in [-0.3, -0.25) is 0 Å². The molecule has 0 aliphatic carbocycles. The van der Waals surface area contributed by atoms with Gasteiger partial charge in [0.15, 0.2) is 0 Å². The largest absolute Gasteiger partial charge is 0.423 e. The number of rotatable bonds is 2. The molecule has 2 aromatic rings. The van der Waals surface area contributed by atoms with Gasteiger partial charge in [0.05, 0.1) is 5.56 Å². The van der Waals surface area contributed by atoms with Gasteiger partial charge in [-0.05, 0) is 42.8 Å². The third-order valence-corrected chi connectivity index (χ3v) is 2.41. The molecule has 0 saturated heterocycles. The Labute approximate surface area is 99.8 Å². The molecule has 0 heterocycles. The average Bonchev–Trinajstić information content (AvgIpc) is 2.34. The number of anilines is 1. The van der Waals surface area contributed by atoms with Crippen LogP contribution in [0.2, 0.25) is 0 Å². The Bertz CT molecular complexity index is 535. The predicted molar refractivity (Wildman–Crippen MR) is 67.0 cm³/mol. The fourth-order valence-corrected chi connectivity index (χ4v) is 1.52. The van der Waals surface area contributed by atoms with Crippen LogP contribution in [0.25, 0.3) is 0 Å². The van der Waals surface area contributed by atoms with Crippen molar-refractivity contribution in [3.05, 3.63) is 59.7 Å². The molecule has 2 rings (SSSR count). The summed E-state index contributed by atoms with van der Waals surface area (Å²) in [6, 6.07) is 14.1. The maximum atomic E-state index is 11.8. The molecule has 17 heavy (non-hydrogen) atoms. The number of hydrogen-bond donors (Lipinski definition) is 1. The van der Waals surface area contributed by atoms with Gasteiger partial charge in [0.1, 0.15) is 5.75 Å². The highest BCUT2D eigenvalue weighted by atomic mass is 16.5. The summed E-state index contributed by atoms with van der Waals surface area (Å²) in [5, 5.41) is 0. The van der Waals surface area contributed by atoms with E-state index < -0.39 is 0 Å². The number of hydrogen-bond acceptors (Lipinski definition) is 3. The molecule has 0 amide bonds. The van der Waals surface area contributed by atoms with E-state index in [2.05, 4.69) is 0 Å². The van der Waals surface area contributed by atoms with Crippen molar-refractivity contribution < 1.29 is 9.53 Å². The van der Waals surface area contributed by atoms with Gasteiger partial charge >= 0.3 is 5.97 Å². The zero-order chi connectivity index (χ0) is 12.3. The maximum absolute atomic E-state index is 11.8. The highest BCUT2D eigenvalue weighted by Gasteiger charge is 2.09. The van der Waals surface area contributed by atoms with Crippen LogP contribution in [-0.4, -0.2) is 5.97 Å². The molecule has 0 aromatic heterocycles. The van der Waals surface area contributed by atoms with Gasteiger partial charge in [-0.1, -0.05) is 18.2 Å². The lowest BCUT2D eigenvalue weighted by molar-refractivity contribution is 0.0733. The molecule has 0 aliphatic heterocycles. The first-order chi connectivity index (χ1) is 8.16. The summed E-state index contributed by atoms with van der Waals surface area (Å²) in [7, 11) is 0. The second-order valence-electron chi connectivity index (χ2n) is 3.78. The number of benzene rings is 2. The average molecular weight is 227 g/mol. The summed E-state index contributed by atoms with van der Waals surface area (Å²) < 4.78 is 5.29. The molecule has 0 radical (unpaired) electrons. The standard InChI is InChI=1S/C14H13NO2/c1-10-9-12(15)7-8-13(10)17-14(16)11-5-3-2-4-6-11/h2-9H,15H2,1H3. The topological polar surface area (TPSA) is 52.3 Å². The van der Waals surface area contributed by atoms with Crippen molar-refractivity contribution in [1.82, 2.24) is 0 Å². The molecule has 3 heteroatoms. The van der Waals surface area contributed by atoms with Crippen molar-refractivity contribution >= 4 is 11.7 Å². The van der Waals surface area contributed by atoms with E-state index >= 15 is 0 Å². The van der Waals surface area contributed by atoms with Gasteiger partial charge in [-0.25, -0.2) is 4.79 Å². The number of nitrogen functional groups attached to an aromatic ring is 1. The van der Waals surface area contributed by atoms with E-state index in [0.717, 1.165) is 5.56 Å². The minimum Gasteiger partial charge on any atom is -0.423 e. The third kappa shape index (κ3) is 2.64. The molecule has 0 fully saturated rings. The van der Waals surface area contributed by atoms with Gasteiger partial charge in [0.25, 0.3) is 0 Å². The molecule has 0 atom stereocenters. The monoisotopic (exact) mass is 227 g/mol. The summed E-state index contributed by atoms with van der Waals surface area (Å²) in [6.07, 6.45) is 0. The van der Waals surface area contributed by atoms with Crippen LogP contribution in [-0.2, 0) is 0 Å². The molecule has 0 bridgehead atoms. The SMILES string of the molecule is Cc1cc(N)ccc1OC(=O)c1ccccc1. The van der Waals surface area contributed by atoms with Crippen LogP contribution >= 0.6 is 0 Å². The molecule has 2 N–H and O–H groups in total. The van der Waals surface area contributed by atoms with Gasteiger partial charge < -0.3 is 10.5 Å². The van der Waals surface area contributed by atoms with Crippen LogP contribution in [0.4, 0.5) is 5.69 Å². The predicted octanol–water partition coefficient (Wildman–Crippen LogP) is 2.80. The van der Waals surface area contributed by atoms with Crippen LogP contribution < -0.4 is 10.5 Å². The van der Waals surface area contributed by atoms with Gasteiger partial charge in [-0.15, -0.1) is 0 Å². The lowest BCUT2D eigenvalue weighted by Gasteiger charge is -2.07. The summed E-state index contributed by atoms with van der Waals surface area (Å²) in [6.45, 7) is 1.85. The van der Waals surface area contributed by atoms with Gasteiger partial charge in [0, 0.05) is 5.69 Å². The number of esters is 1. The molecule has 2 aromatic carbocycles. The Hall–Kier alpha value is -2.29. The van der Waals surface area contributed by atoms with Crippen molar-refractivity contribution in [2.45, 2.75) is 6.92 Å². The first-order valence-electron chi connectivity index (χ1n) is 5.30. The van der Waals surface area contributed by atoms with Gasteiger partial charge in [0.2, 0.25) is 0 Å². The fraction of sp³-hybridized carbons (Fsp3) is 0.0714. The second-order valence-corrected chi connectivity index (χ2v) is 3.78. The summed E-state index contributed by atoms with van der Waals surface area (Å²) in [4.78, 5) is 11.8. The van der Waals surface area contributed by atoms with Crippen molar-refractivity contribution in [3.8, 4) is 5.75 Å². The van der Waals surface area contributed by atoms with E-state index in [9.17, 15) is 4.79 Å². The van der Waals surface area contributed by atoms with Crippen LogP contribution in [0.5, 0.6) is 5.75 Å². The fourth-order valence-electron chi connectivity index (χ4n) is 1.52. The Morgan fingerprint density at radius 1 is 1.12 bits per heavy atom. The van der Waals surface area contributed by atoms with Crippen LogP contribution in [0, 0.1) is 6.92 Å². The number of carbonyl (C=O) groups is 1. The minimum absolute atomic E-state index is 0.363. The number of ether oxygens (including phenoxy) is 1. The Kier molecular flexibility index (Phi) is 3.10. The second kappa shape index (κ2) is 4.70.